The highest BCUT2D eigenvalue weighted by Gasteiger charge is 2.26. The molecule has 9 heteroatoms. The molecule has 0 radical (unpaired) electrons. The van der Waals surface area contributed by atoms with Crippen LogP contribution in [0.4, 0.5) is 16.2 Å². The van der Waals surface area contributed by atoms with Crippen molar-refractivity contribution in [2.45, 2.75) is 39.0 Å². The Labute approximate surface area is 186 Å². The van der Waals surface area contributed by atoms with Gasteiger partial charge >= 0.3 is 0 Å². The van der Waals surface area contributed by atoms with E-state index in [0.717, 1.165) is 50.2 Å². The highest BCUT2D eigenvalue weighted by Crippen LogP contribution is 2.37. The molecule has 1 saturated heterocycles. The Morgan fingerprint density at radius 3 is 2.56 bits per heavy atom. The molecule has 4 rings (SSSR count). The fraction of sp³-hybridized carbons (Fsp3) is 0.391. The van der Waals surface area contributed by atoms with E-state index in [9.17, 15) is 9.50 Å². The average Bonchev–Trinajstić information content (AvgIpc) is 2.78. The van der Waals surface area contributed by atoms with E-state index >= 15 is 0 Å². The maximum absolute atomic E-state index is 14.5. The molecule has 32 heavy (non-hydrogen) atoms. The standard InChI is InChI=1S/C23H28FN7O/c1-3-10-31-11-7-14(8-12-31)19-13(2)20(30-23(26)29-19)21-17(32)5-4-16(28-21)15-6-9-27-22(25)18(15)24/h4-6,9,14,32H,3,7-8,10-12H2,1-2H3,(H2,25,27)(H2,26,29,30). The summed E-state index contributed by atoms with van der Waals surface area (Å²) in [6.07, 6.45) is 4.52. The third kappa shape index (κ3) is 4.20. The van der Waals surface area contributed by atoms with Crippen LogP contribution in [0.1, 0.15) is 43.4 Å². The Morgan fingerprint density at radius 1 is 1.09 bits per heavy atom. The number of pyridine rings is 2. The second-order valence-corrected chi connectivity index (χ2v) is 8.18. The summed E-state index contributed by atoms with van der Waals surface area (Å²) in [5, 5.41) is 10.6. The van der Waals surface area contributed by atoms with Crippen LogP contribution in [0.25, 0.3) is 22.6 Å². The van der Waals surface area contributed by atoms with Gasteiger partial charge in [-0.15, -0.1) is 0 Å². The summed E-state index contributed by atoms with van der Waals surface area (Å²) in [6.45, 7) is 7.23. The molecule has 0 atom stereocenters. The van der Waals surface area contributed by atoms with Crippen molar-refractivity contribution in [2.24, 2.45) is 0 Å². The van der Waals surface area contributed by atoms with Gasteiger partial charge in [-0.1, -0.05) is 6.92 Å². The first kappa shape index (κ1) is 21.9. The van der Waals surface area contributed by atoms with Crippen molar-refractivity contribution < 1.29 is 9.50 Å². The topological polar surface area (TPSA) is 127 Å². The van der Waals surface area contributed by atoms with E-state index < -0.39 is 5.82 Å². The van der Waals surface area contributed by atoms with Crippen LogP contribution in [0.3, 0.4) is 0 Å². The molecule has 0 spiro atoms. The van der Waals surface area contributed by atoms with Crippen LogP contribution in [0, 0.1) is 12.7 Å². The molecule has 4 heterocycles. The van der Waals surface area contributed by atoms with Crippen LogP contribution in [0.5, 0.6) is 5.75 Å². The Bertz CT molecular complexity index is 1130. The van der Waals surface area contributed by atoms with Crippen molar-refractivity contribution in [2.75, 3.05) is 31.1 Å². The van der Waals surface area contributed by atoms with Crippen molar-refractivity contribution in [3.63, 3.8) is 0 Å². The minimum absolute atomic E-state index is 0.0684. The SMILES string of the molecule is CCCN1CCC(c2nc(N)nc(-c3nc(-c4ccnc(N)c4F)ccc3O)c2C)CC1. The van der Waals surface area contributed by atoms with E-state index in [1.54, 1.807) is 0 Å². The Balaban J connectivity index is 1.74. The van der Waals surface area contributed by atoms with Gasteiger partial charge in [0, 0.05) is 17.7 Å². The molecule has 3 aromatic rings. The highest BCUT2D eigenvalue weighted by atomic mass is 19.1. The molecule has 0 amide bonds. The maximum Gasteiger partial charge on any atom is 0.220 e. The summed E-state index contributed by atoms with van der Waals surface area (Å²) >= 11 is 0. The Morgan fingerprint density at radius 2 is 1.84 bits per heavy atom. The van der Waals surface area contributed by atoms with Gasteiger partial charge in [-0.05, 0) is 69.6 Å². The number of anilines is 2. The van der Waals surface area contributed by atoms with Crippen LogP contribution in [-0.4, -0.2) is 49.6 Å². The quantitative estimate of drug-likeness (QED) is 0.553. The molecule has 0 saturated carbocycles. The molecule has 0 aromatic carbocycles. The predicted molar refractivity (Wildman–Crippen MR) is 122 cm³/mol. The first-order valence-electron chi connectivity index (χ1n) is 10.9. The van der Waals surface area contributed by atoms with Gasteiger partial charge in [0.15, 0.2) is 11.6 Å². The third-order valence-electron chi connectivity index (χ3n) is 6.01. The van der Waals surface area contributed by atoms with Gasteiger partial charge in [0.25, 0.3) is 0 Å². The van der Waals surface area contributed by atoms with Crippen molar-refractivity contribution >= 4 is 11.8 Å². The van der Waals surface area contributed by atoms with E-state index in [1.165, 1.54) is 24.4 Å². The second kappa shape index (κ2) is 9.04. The molecular formula is C23H28FN7O. The number of hydrogen-bond acceptors (Lipinski definition) is 8. The Kier molecular flexibility index (Phi) is 6.18. The van der Waals surface area contributed by atoms with Gasteiger partial charge < -0.3 is 21.5 Å². The normalized spacial score (nSPS) is 15.2. The van der Waals surface area contributed by atoms with Gasteiger partial charge in [0.05, 0.1) is 11.4 Å². The fourth-order valence-electron chi connectivity index (χ4n) is 4.36. The van der Waals surface area contributed by atoms with Crippen LogP contribution in [-0.2, 0) is 0 Å². The van der Waals surface area contributed by atoms with Crippen molar-refractivity contribution in [3.05, 3.63) is 41.5 Å². The summed E-state index contributed by atoms with van der Waals surface area (Å²) in [5.41, 5.74) is 14.6. The molecule has 0 unspecified atom stereocenters. The van der Waals surface area contributed by atoms with Crippen molar-refractivity contribution in [1.82, 2.24) is 24.8 Å². The number of likely N-dealkylation sites (tertiary alicyclic amines) is 1. The fourth-order valence-corrected chi connectivity index (χ4v) is 4.36. The van der Waals surface area contributed by atoms with Crippen molar-refractivity contribution in [1.29, 1.82) is 0 Å². The molecule has 1 aliphatic heterocycles. The number of halogens is 1. The molecule has 0 bridgehead atoms. The lowest BCUT2D eigenvalue weighted by molar-refractivity contribution is 0.211. The van der Waals surface area contributed by atoms with E-state index in [2.05, 4.69) is 31.8 Å². The first-order valence-corrected chi connectivity index (χ1v) is 10.9. The number of rotatable bonds is 5. The molecule has 8 nitrogen and oxygen atoms in total. The van der Waals surface area contributed by atoms with Crippen molar-refractivity contribution in [3.8, 4) is 28.4 Å². The molecule has 1 fully saturated rings. The minimum atomic E-state index is -0.657. The summed E-state index contributed by atoms with van der Waals surface area (Å²) in [7, 11) is 0. The molecule has 3 aromatic heterocycles. The largest absolute Gasteiger partial charge is 0.506 e. The lowest BCUT2D eigenvalue weighted by Crippen LogP contribution is -2.34. The van der Waals surface area contributed by atoms with E-state index in [0.29, 0.717) is 11.4 Å². The number of nitrogens with zero attached hydrogens (tertiary/aromatic N) is 5. The highest BCUT2D eigenvalue weighted by molar-refractivity contribution is 5.72. The maximum atomic E-state index is 14.5. The molecular weight excluding hydrogens is 409 g/mol. The zero-order valence-electron chi connectivity index (χ0n) is 18.3. The van der Waals surface area contributed by atoms with Crippen LogP contribution in [0.15, 0.2) is 24.4 Å². The van der Waals surface area contributed by atoms with Gasteiger partial charge in [0.2, 0.25) is 5.95 Å². The predicted octanol–water partition coefficient (Wildman–Crippen LogP) is 3.51. The van der Waals surface area contributed by atoms with Crippen LogP contribution < -0.4 is 11.5 Å². The number of aromatic hydroxyl groups is 1. The molecule has 0 aliphatic carbocycles. The van der Waals surface area contributed by atoms with Crippen LogP contribution >= 0.6 is 0 Å². The number of hydrogen-bond donors (Lipinski definition) is 3. The number of aromatic nitrogens is 4. The number of nitrogens with two attached hydrogens (primary N) is 2. The van der Waals surface area contributed by atoms with Crippen LogP contribution in [0.2, 0.25) is 0 Å². The monoisotopic (exact) mass is 437 g/mol. The van der Waals surface area contributed by atoms with E-state index in [1.807, 2.05) is 6.92 Å². The molecule has 1 aliphatic rings. The van der Waals surface area contributed by atoms with E-state index in [4.69, 9.17) is 11.5 Å². The summed E-state index contributed by atoms with van der Waals surface area (Å²) in [6, 6.07) is 4.49. The molecule has 5 N–H and O–H groups in total. The number of nitrogen functional groups attached to an aromatic ring is 2. The summed E-state index contributed by atoms with van der Waals surface area (Å²) in [5.74, 6) is -0.549. The first-order chi connectivity index (χ1) is 15.4. The van der Waals surface area contributed by atoms with Gasteiger partial charge in [-0.2, -0.15) is 0 Å². The summed E-state index contributed by atoms with van der Waals surface area (Å²) < 4.78 is 14.5. The average molecular weight is 438 g/mol. The Hall–Kier alpha value is -3.33. The lowest BCUT2D eigenvalue weighted by Gasteiger charge is -2.32. The van der Waals surface area contributed by atoms with Gasteiger partial charge in [0.1, 0.15) is 17.1 Å². The zero-order chi connectivity index (χ0) is 22.8. The third-order valence-corrected chi connectivity index (χ3v) is 6.01. The minimum Gasteiger partial charge on any atom is -0.506 e. The second-order valence-electron chi connectivity index (χ2n) is 8.18. The smallest absolute Gasteiger partial charge is 0.220 e. The van der Waals surface area contributed by atoms with Gasteiger partial charge in [-0.25, -0.2) is 24.3 Å². The zero-order valence-corrected chi connectivity index (χ0v) is 18.3. The summed E-state index contributed by atoms with van der Waals surface area (Å²) in [4.78, 5) is 19.7. The number of piperidine rings is 1. The molecule has 168 valence electrons. The van der Waals surface area contributed by atoms with E-state index in [-0.39, 0.29) is 34.7 Å². The lowest BCUT2D eigenvalue weighted by atomic mass is 9.89. The van der Waals surface area contributed by atoms with Gasteiger partial charge in [-0.3, -0.25) is 0 Å².